The molecular weight excluding hydrogens is 432 g/mol. The van der Waals surface area contributed by atoms with Gasteiger partial charge in [-0.05, 0) is 41.0 Å². The molecule has 1 unspecified atom stereocenters. The van der Waals surface area contributed by atoms with Crippen LogP contribution in [0.3, 0.4) is 0 Å². The molecule has 1 aromatic carbocycles. The fourth-order valence-electron chi connectivity index (χ4n) is 7.16. The van der Waals surface area contributed by atoms with Crippen LogP contribution in [0.2, 0.25) is 0 Å². The van der Waals surface area contributed by atoms with Crippen molar-refractivity contribution in [2.45, 2.75) is 89.6 Å². The van der Waals surface area contributed by atoms with Crippen molar-refractivity contribution in [2.75, 3.05) is 0 Å². The number of ketones is 2. The van der Waals surface area contributed by atoms with Gasteiger partial charge in [-0.1, -0.05) is 31.6 Å². The number of hydrogen-bond acceptors (Lipinski definition) is 6. The van der Waals surface area contributed by atoms with Crippen molar-refractivity contribution < 1.29 is 28.9 Å². The standard InChI is InChI=1S/C28H32O6/c1-13(2)8-9-27-24(31)15-10-16-22(30)20-17(29)12-18-21(25(4,5)14(3)32-18)23(20)33-28(16,27)19(11-15)26(6,7)34-27/h8,10,12,14-15,19,29H,9,11H2,1-7H3/t14-,15-,19?,27-,28+/m1/s1. The number of carbonyl (C=O) groups excluding carboxylic acids is 2. The van der Waals surface area contributed by atoms with Gasteiger partial charge in [0.2, 0.25) is 0 Å². The van der Waals surface area contributed by atoms with Gasteiger partial charge >= 0.3 is 0 Å². The summed E-state index contributed by atoms with van der Waals surface area (Å²) in [6.07, 6.45) is 4.53. The number of ether oxygens (including phenoxy) is 3. The van der Waals surface area contributed by atoms with Gasteiger partial charge in [0, 0.05) is 40.9 Å². The van der Waals surface area contributed by atoms with Crippen LogP contribution in [-0.2, 0) is 14.9 Å². The van der Waals surface area contributed by atoms with Crippen molar-refractivity contribution in [3.8, 4) is 17.2 Å². The van der Waals surface area contributed by atoms with E-state index < -0.39 is 28.1 Å². The van der Waals surface area contributed by atoms with Gasteiger partial charge in [0.1, 0.15) is 28.9 Å². The second-order valence-electron chi connectivity index (χ2n) is 12.0. The smallest absolute Gasteiger partial charge is 0.200 e. The van der Waals surface area contributed by atoms with Gasteiger partial charge in [-0.2, -0.15) is 0 Å². The van der Waals surface area contributed by atoms with E-state index in [2.05, 4.69) is 13.8 Å². The molecule has 7 rings (SSSR count). The minimum absolute atomic E-state index is 0.0208. The Bertz CT molecular complexity index is 1250. The van der Waals surface area contributed by atoms with Crippen LogP contribution in [-0.4, -0.2) is 39.6 Å². The maximum absolute atomic E-state index is 14.1. The largest absolute Gasteiger partial charge is 0.507 e. The van der Waals surface area contributed by atoms with Gasteiger partial charge in [0.25, 0.3) is 0 Å². The second kappa shape index (κ2) is 6.14. The lowest BCUT2D eigenvalue weighted by Crippen LogP contribution is -2.72. The number of rotatable bonds is 2. The van der Waals surface area contributed by atoms with E-state index >= 15 is 0 Å². The molecule has 0 aromatic heterocycles. The fourth-order valence-corrected chi connectivity index (χ4v) is 7.16. The number of phenols is 1. The Morgan fingerprint density at radius 1 is 1.21 bits per heavy atom. The summed E-state index contributed by atoms with van der Waals surface area (Å²) in [4.78, 5) is 28.1. The van der Waals surface area contributed by atoms with Crippen LogP contribution in [0.5, 0.6) is 17.2 Å². The van der Waals surface area contributed by atoms with Crippen LogP contribution in [0.1, 0.15) is 77.2 Å². The summed E-state index contributed by atoms with van der Waals surface area (Å²) in [5.41, 5.74) is -1.22. The molecule has 180 valence electrons. The molecule has 3 aliphatic heterocycles. The summed E-state index contributed by atoms with van der Waals surface area (Å²) in [7, 11) is 0. The summed E-state index contributed by atoms with van der Waals surface area (Å²) in [5, 5.41) is 10.9. The number of allylic oxidation sites excluding steroid dienone is 2. The minimum atomic E-state index is -1.30. The molecule has 5 atom stereocenters. The first kappa shape index (κ1) is 21.9. The number of carbonyl (C=O) groups is 2. The number of fused-ring (bicyclic) bond motifs is 3. The normalized spacial score (nSPS) is 37.3. The molecule has 6 nitrogen and oxygen atoms in total. The van der Waals surface area contributed by atoms with E-state index in [1.807, 2.05) is 40.7 Å². The third-order valence-electron chi connectivity index (χ3n) is 9.08. The van der Waals surface area contributed by atoms with Crippen LogP contribution >= 0.6 is 0 Å². The highest BCUT2D eigenvalue weighted by atomic mass is 16.6. The maximum atomic E-state index is 14.1. The fraction of sp³-hybridized carbons (Fsp3) is 0.571. The van der Waals surface area contributed by atoms with Gasteiger partial charge in [-0.25, -0.2) is 0 Å². The summed E-state index contributed by atoms with van der Waals surface area (Å²) < 4.78 is 19.8. The molecule has 1 N–H and O–H groups in total. The molecular formula is C28H32O6. The highest BCUT2D eigenvalue weighted by molar-refractivity contribution is 6.18. The van der Waals surface area contributed by atoms with Crippen molar-refractivity contribution in [3.05, 3.63) is 40.5 Å². The minimum Gasteiger partial charge on any atom is -0.507 e. The van der Waals surface area contributed by atoms with Crippen LogP contribution in [0, 0.1) is 11.8 Å². The molecule has 1 aromatic rings. The molecule has 4 bridgehead atoms. The first-order valence-corrected chi connectivity index (χ1v) is 12.2. The molecule has 34 heavy (non-hydrogen) atoms. The van der Waals surface area contributed by atoms with Crippen molar-refractivity contribution >= 4 is 11.6 Å². The van der Waals surface area contributed by atoms with Crippen molar-refractivity contribution in [3.63, 3.8) is 0 Å². The Kier molecular flexibility index (Phi) is 3.96. The monoisotopic (exact) mass is 464 g/mol. The first-order valence-electron chi connectivity index (χ1n) is 12.2. The zero-order chi connectivity index (χ0) is 24.6. The molecule has 1 spiro atoms. The summed E-state index contributed by atoms with van der Waals surface area (Å²) >= 11 is 0. The number of aromatic hydroxyl groups is 1. The summed E-state index contributed by atoms with van der Waals surface area (Å²) in [5.74, 6) is -0.182. The zero-order valence-electron chi connectivity index (χ0n) is 20.9. The van der Waals surface area contributed by atoms with Gasteiger partial charge < -0.3 is 19.3 Å². The molecule has 3 heterocycles. The number of Topliss-reactive ketones (excluding diaryl/α,β-unsaturated/α-hetero) is 2. The maximum Gasteiger partial charge on any atom is 0.200 e. The Hall–Kier alpha value is -2.60. The van der Waals surface area contributed by atoms with Crippen LogP contribution < -0.4 is 9.47 Å². The van der Waals surface area contributed by atoms with E-state index in [1.54, 1.807) is 6.08 Å². The van der Waals surface area contributed by atoms with E-state index in [-0.39, 0.29) is 34.9 Å². The molecule has 6 aliphatic rings. The number of benzene rings is 1. The predicted molar refractivity (Wildman–Crippen MR) is 126 cm³/mol. The van der Waals surface area contributed by atoms with E-state index in [4.69, 9.17) is 14.2 Å². The van der Waals surface area contributed by atoms with Crippen molar-refractivity contribution in [1.29, 1.82) is 0 Å². The predicted octanol–water partition coefficient (Wildman–Crippen LogP) is 4.81. The first-order chi connectivity index (χ1) is 15.8. The van der Waals surface area contributed by atoms with Crippen LogP contribution in [0.15, 0.2) is 29.4 Å². The quantitative estimate of drug-likeness (QED) is 0.633. The molecule has 0 amide bonds. The Morgan fingerprint density at radius 2 is 1.91 bits per heavy atom. The third-order valence-corrected chi connectivity index (χ3v) is 9.08. The van der Waals surface area contributed by atoms with Gasteiger partial charge in [-0.3, -0.25) is 9.59 Å². The summed E-state index contributed by atoms with van der Waals surface area (Å²) in [6, 6.07) is 1.53. The van der Waals surface area contributed by atoms with Gasteiger partial charge in [0.05, 0.1) is 5.60 Å². The lowest BCUT2D eigenvalue weighted by molar-refractivity contribution is -0.171. The topological polar surface area (TPSA) is 82.1 Å². The Balaban J connectivity index is 1.68. The molecule has 2 fully saturated rings. The highest BCUT2D eigenvalue weighted by Crippen LogP contribution is 2.69. The molecule has 1 saturated heterocycles. The van der Waals surface area contributed by atoms with E-state index in [0.717, 1.165) is 11.1 Å². The van der Waals surface area contributed by atoms with Crippen LogP contribution in [0.4, 0.5) is 0 Å². The zero-order valence-corrected chi connectivity index (χ0v) is 20.9. The van der Waals surface area contributed by atoms with Crippen molar-refractivity contribution in [2.24, 2.45) is 11.8 Å². The lowest BCUT2D eigenvalue weighted by Gasteiger charge is -2.56. The lowest BCUT2D eigenvalue weighted by atomic mass is 9.51. The number of phenolic OH excluding ortho intramolecular Hbond substituents is 1. The van der Waals surface area contributed by atoms with E-state index in [9.17, 15) is 14.7 Å². The average molecular weight is 465 g/mol. The van der Waals surface area contributed by atoms with Crippen molar-refractivity contribution in [1.82, 2.24) is 0 Å². The van der Waals surface area contributed by atoms with E-state index in [1.165, 1.54) is 6.07 Å². The highest BCUT2D eigenvalue weighted by Gasteiger charge is 2.81. The molecule has 1 saturated carbocycles. The third kappa shape index (κ3) is 2.22. The SMILES string of the molecule is CC(C)=CC[C@]12OC(C)(C)C3C[C@@H](C=C4C(=O)c5c(O)cc6c(c5O[C@@]431)C(C)(C)[C@@H](C)O6)C2=O. The van der Waals surface area contributed by atoms with E-state index in [0.29, 0.717) is 29.9 Å². The molecule has 3 aliphatic carbocycles. The molecule has 6 heteroatoms. The Morgan fingerprint density at radius 3 is 2.59 bits per heavy atom. The summed E-state index contributed by atoms with van der Waals surface area (Å²) in [6.45, 7) is 14.0. The number of hydrogen-bond donors (Lipinski definition) is 1. The molecule has 0 radical (unpaired) electrons. The van der Waals surface area contributed by atoms with Crippen LogP contribution in [0.25, 0.3) is 0 Å². The van der Waals surface area contributed by atoms with Gasteiger partial charge in [-0.15, -0.1) is 0 Å². The Labute approximate surface area is 200 Å². The average Bonchev–Trinajstić information content (AvgIpc) is 3.05. The van der Waals surface area contributed by atoms with Gasteiger partial charge in [0.15, 0.2) is 22.8 Å². The second-order valence-corrected chi connectivity index (χ2v) is 12.0.